The Bertz CT molecular complexity index is 917. The summed E-state index contributed by atoms with van der Waals surface area (Å²) >= 11 is 0. The van der Waals surface area contributed by atoms with E-state index in [4.69, 9.17) is 4.74 Å². The lowest BCUT2D eigenvalue weighted by Crippen LogP contribution is -2.47. The molecule has 1 amide bonds. The van der Waals surface area contributed by atoms with Crippen LogP contribution in [0.3, 0.4) is 0 Å². The molecule has 3 aromatic rings. The fourth-order valence-electron chi connectivity index (χ4n) is 3.39. The summed E-state index contributed by atoms with van der Waals surface area (Å²) < 4.78 is 5.89. The molecule has 1 atom stereocenters. The van der Waals surface area contributed by atoms with Crippen molar-refractivity contribution in [3.63, 3.8) is 0 Å². The Kier molecular flexibility index (Phi) is 4.02. The lowest BCUT2D eigenvalue weighted by molar-refractivity contribution is -0.127. The topological polar surface area (TPSA) is 41.6 Å². The molecule has 0 fully saturated rings. The van der Waals surface area contributed by atoms with E-state index in [1.165, 1.54) is 16.3 Å². The summed E-state index contributed by atoms with van der Waals surface area (Å²) in [7, 11) is 1.64. The van der Waals surface area contributed by atoms with Gasteiger partial charge in [0.05, 0.1) is 12.2 Å². The van der Waals surface area contributed by atoms with E-state index in [9.17, 15) is 4.79 Å². The number of hydrogen-bond acceptors (Lipinski definition) is 3. The van der Waals surface area contributed by atoms with Gasteiger partial charge >= 0.3 is 0 Å². The van der Waals surface area contributed by atoms with E-state index in [0.29, 0.717) is 6.54 Å². The average Bonchev–Trinajstić information content (AvgIpc) is 2.67. The van der Waals surface area contributed by atoms with Gasteiger partial charge in [0, 0.05) is 13.6 Å². The van der Waals surface area contributed by atoms with Crippen LogP contribution in [0.1, 0.15) is 5.56 Å². The maximum absolute atomic E-state index is 12.1. The number of ether oxygens (including phenoxy) is 1. The first kappa shape index (κ1) is 15.5. The molecule has 25 heavy (non-hydrogen) atoms. The molecule has 4 heteroatoms. The van der Waals surface area contributed by atoms with Gasteiger partial charge in [-0.1, -0.05) is 54.6 Å². The molecule has 0 radical (unpaired) electrons. The number of likely N-dealkylation sites (N-methyl/N-ethyl adjacent to an activating group) is 1. The quantitative estimate of drug-likeness (QED) is 0.800. The Morgan fingerprint density at radius 2 is 1.84 bits per heavy atom. The lowest BCUT2D eigenvalue weighted by atomic mass is 10.0. The summed E-state index contributed by atoms with van der Waals surface area (Å²) in [6.45, 7) is 1.26. The molecule has 1 aliphatic heterocycles. The second-order valence-electron chi connectivity index (χ2n) is 6.21. The molecule has 0 aromatic heterocycles. The SMILES string of the molecule is CNC(=O)[C@@H]1CN(Cc2cccc3ccccc23)c2ccccc2O1. The lowest BCUT2D eigenvalue weighted by Gasteiger charge is -2.35. The molecular weight excluding hydrogens is 312 g/mol. The van der Waals surface area contributed by atoms with Gasteiger partial charge in [-0.25, -0.2) is 0 Å². The highest BCUT2D eigenvalue weighted by Crippen LogP contribution is 2.34. The van der Waals surface area contributed by atoms with Crippen LogP contribution in [0.2, 0.25) is 0 Å². The molecule has 1 N–H and O–H groups in total. The standard InChI is InChI=1S/C21H20N2O2/c1-22-21(24)20-14-23(18-11-4-5-12-19(18)25-20)13-16-9-6-8-15-7-2-3-10-17(15)16/h2-12,20H,13-14H2,1H3,(H,22,24)/t20-/m0/s1. The molecule has 0 saturated heterocycles. The van der Waals surface area contributed by atoms with Crippen LogP contribution in [-0.2, 0) is 11.3 Å². The van der Waals surface area contributed by atoms with Gasteiger partial charge in [-0.3, -0.25) is 4.79 Å². The van der Waals surface area contributed by atoms with E-state index in [2.05, 4.69) is 52.7 Å². The third kappa shape index (κ3) is 2.91. The van der Waals surface area contributed by atoms with E-state index >= 15 is 0 Å². The highest BCUT2D eigenvalue weighted by Gasteiger charge is 2.30. The molecule has 0 bridgehead atoms. The van der Waals surface area contributed by atoms with Crippen LogP contribution in [0.5, 0.6) is 5.75 Å². The van der Waals surface area contributed by atoms with Gasteiger partial charge in [0.15, 0.2) is 6.10 Å². The molecule has 4 rings (SSSR count). The Morgan fingerprint density at radius 1 is 1.08 bits per heavy atom. The van der Waals surface area contributed by atoms with Crippen LogP contribution < -0.4 is 15.0 Å². The number of benzene rings is 3. The van der Waals surface area contributed by atoms with Crippen LogP contribution in [0.4, 0.5) is 5.69 Å². The number of fused-ring (bicyclic) bond motifs is 2. The minimum atomic E-state index is -0.505. The van der Waals surface area contributed by atoms with Crippen LogP contribution >= 0.6 is 0 Å². The zero-order valence-corrected chi connectivity index (χ0v) is 14.1. The van der Waals surface area contributed by atoms with Gasteiger partial charge in [0.1, 0.15) is 5.75 Å². The molecule has 126 valence electrons. The number of amides is 1. The van der Waals surface area contributed by atoms with Crippen molar-refractivity contribution >= 4 is 22.4 Å². The van der Waals surface area contributed by atoms with Crippen molar-refractivity contribution in [3.8, 4) is 5.75 Å². The van der Waals surface area contributed by atoms with Gasteiger partial charge in [-0.05, 0) is 28.5 Å². The number of rotatable bonds is 3. The molecule has 4 nitrogen and oxygen atoms in total. The number of anilines is 1. The highest BCUT2D eigenvalue weighted by atomic mass is 16.5. The van der Waals surface area contributed by atoms with Crippen molar-refractivity contribution in [3.05, 3.63) is 72.3 Å². The van der Waals surface area contributed by atoms with Crippen molar-refractivity contribution in [1.29, 1.82) is 0 Å². The number of carbonyl (C=O) groups excluding carboxylic acids is 1. The molecule has 1 heterocycles. The van der Waals surface area contributed by atoms with Gasteiger partial charge in [-0.15, -0.1) is 0 Å². The summed E-state index contributed by atoms with van der Waals surface area (Å²) in [5, 5.41) is 5.16. The Hall–Kier alpha value is -3.01. The predicted molar refractivity (Wildman–Crippen MR) is 99.9 cm³/mol. The smallest absolute Gasteiger partial charge is 0.262 e. The first-order valence-electron chi connectivity index (χ1n) is 8.45. The Labute approximate surface area is 147 Å². The molecule has 0 saturated carbocycles. The molecular formula is C21H20N2O2. The van der Waals surface area contributed by atoms with Crippen molar-refractivity contribution in [2.24, 2.45) is 0 Å². The molecule has 3 aromatic carbocycles. The number of nitrogens with zero attached hydrogens (tertiary/aromatic N) is 1. The Morgan fingerprint density at radius 3 is 2.72 bits per heavy atom. The summed E-state index contributed by atoms with van der Waals surface area (Å²) in [5.74, 6) is 0.653. The second kappa shape index (κ2) is 6.48. The Balaban J connectivity index is 1.72. The third-order valence-electron chi connectivity index (χ3n) is 4.64. The monoisotopic (exact) mass is 332 g/mol. The molecule has 1 aliphatic rings. The minimum absolute atomic E-state index is 0.0996. The molecule has 0 aliphatic carbocycles. The fraction of sp³-hybridized carbons (Fsp3) is 0.190. The van der Waals surface area contributed by atoms with E-state index in [0.717, 1.165) is 18.0 Å². The first-order valence-corrected chi connectivity index (χ1v) is 8.45. The number of hydrogen-bond donors (Lipinski definition) is 1. The minimum Gasteiger partial charge on any atom is -0.477 e. The van der Waals surface area contributed by atoms with Crippen molar-refractivity contribution < 1.29 is 9.53 Å². The maximum Gasteiger partial charge on any atom is 0.262 e. The van der Waals surface area contributed by atoms with Crippen LogP contribution in [0.25, 0.3) is 10.8 Å². The maximum atomic E-state index is 12.1. The van der Waals surface area contributed by atoms with E-state index in [-0.39, 0.29) is 5.91 Å². The van der Waals surface area contributed by atoms with Gasteiger partial charge in [-0.2, -0.15) is 0 Å². The van der Waals surface area contributed by atoms with Gasteiger partial charge in [0.2, 0.25) is 0 Å². The van der Waals surface area contributed by atoms with Gasteiger partial charge < -0.3 is 15.0 Å². The fourth-order valence-corrected chi connectivity index (χ4v) is 3.39. The van der Waals surface area contributed by atoms with E-state index < -0.39 is 6.10 Å². The summed E-state index contributed by atoms with van der Waals surface area (Å²) in [6, 6.07) is 22.6. The molecule has 0 spiro atoms. The van der Waals surface area contributed by atoms with E-state index in [1.54, 1.807) is 7.05 Å². The number of nitrogens with one attached hydrogen (secondary N) is 1. The first-order chi connectivity index (χ1) is 12.3. The van der Waals surface area contributed by atoms with Crippen molar-refractivity contribution in [1.82, 2.24) is 5.32 Å². The third-order valence-corrected chi connectivity index (χ3v) is 4.64. The highest BCUT2D eigenvalue weighted by molar-refractivity contribution is 5.86. The normalized spacial score (nSPS) is 16.2. The second-order valence-corrected chi connectivity index (χ2v) is 6.21. The van der Waals surface area contributed by atoms with Gasteiger partial charge in [0.25, 0.3) is 5.91 Å². The van der Waals surface area contributed by atoms with Crippen molar-refractivity contribution in [2.45, 2.75) is 12.6 Å². The van der Waals surface area contributed by atoms with Crippen LogP contribution in [0.15, 0.2) is 66.7 Å². The zero-order chi connectivity index (χ0) is 17.2. The van der Waals surface area contributed by atoms with Crippen LogP contribution in [0, 0.1) is 0 Å². The zero-order valence-electron chi connectivity index (χ0n) is 14.1. The average molecular weight is 332 g/mol. The summed E-state index contributed by atoms with van der Waals surface area (Å²) in [4.78, 5) is 14.3. The summed E-state index contributed by atoms with van der Waals surface area (Å²) in [6.07, 6.45) is -0.505. The number of para-hydroxylation sites is 2. The predicted octanol–water partition coefficient (Wildman–Crippen LogP) is 3.35. The summed E-state index contributed by atoms with van der Waals surface area (Å²) in [5.41, 5.74) is 2.26. The largest absolute Gasteiger partial charge is 0.477 e. The number of carbonyl (C=O) groups is 1. The van der Waals surface area contributed by atoms with Crippen LogP contribution in [-0.4, -0.2) is 25.6 Å². The van der Waals surface area contributed by atoms with E-state index in [1.807, 2.05) is 24.3 Å². The molecule has 0 unspecified atom stereocenters. The van der Waals surface area contributed by atoms with Crippen molar-refractivity contribution in [2.75, 3.05) is 18.5 Å².